The molecule has 1 fully saturated rings. The lowest BCUT2D eigenvalue weighted by molar-refractivity contribution is -0.143. The Kier molecular flexibility index (Phi) is 8.06. The molecule has 0 aliphatic heterocycles. The molecule has 1 aliphatic rings. The number of nitrogens with one attached hydrogen (secondary N) is 1. The topological polar surface area (TPSA) is 104 Å². The fraction of sp³-hybridized carbons (Fsp3) is 0.458. The Labute approximate surface area is 203 Å². The van der Waals surface area contributed by atoms with E-state index in [9.17, 15) is 14.7 Å². The predicted molar refractivity (Wildman–Crippen MR) is 126 cm³/mol. The largest absolute Gasteiger partial charge is 0.481 e. The Morgan fingerprint density at radius 2 is 1.82 bits per heavy atom. The molecule has 0 radical (unpaired) electrons. The highest BCUT2D eigenvalue weighted by molar-refractivity contribution is 6.30. The van der Waals surface area contributed by atoms with Gasteiger partial charge in [-0.3, -0.25) is 9.59 Å². The monoisotopic (exact) mass is 491 g/mol. The number of halogens is 2. The number of hydrogen-bond donors (Lipinski definition) is 3. The zero-order valence-corrected chi connectivity index (χ0v) is 20.1. The summed E-state index contributed by atoms with van der Waals surface area (Å²) in [6.45, 7) is 3.80. The van der Waals surface area contributed by atoms with Crippen LogP contribution in [0.4, 0.5) is 0 Å². The molecule has 3 N–H and O–H groups in total. The number of aliphatic hydroxyl groups is 1. The van der Waals surface area contributed by atoms with Crippen molar-refractivity contribution >= 4 is 35.1 Å². The summed E-state index contributed by atoms with van der Waals surface area (Å²) in [4.78, 5) is 28.6. The predicted octanol–water partition coefficient (Wildman–Crippen LogP) is 3.98. The van der Waals surface area contributed by atoms with Gasteiger partial charge in [0.2, 0.25) is 5.28 Å². The average Bonchev–Trinajstić information content (AvgIpc) is 3.07. The van der Waals surface area contributed by atoms with Crippen LogP contribution in [0.2, 0.25) is 10.3 Å². The number of aliphatic carboxylic acids is 1. The molecule has 0 bridgehead atoms. The standard InChI is InChI=1S/C24H27Cl2N3O4/c1-24(2,33)12-11-19-20(21(30)27-13-15-3-7-17(8-4-15)22(31)32)29(23(26)28-19)14-16-5-9-18(25)10-6-16/h5-6,9-10,15,17,33H,3-4,7-8,13-14H2,1-2H3,(H,27,30)(H,31,32)/t15-,17-. The lowest BCUT2D eigenvalue weighted by Gasteiger charge is -2.26. The van der Waals surface area contributed by atoms with Gasteiger partial charge in [-0.15, -0.1) is 0 Å². The number of carbonyl (C=O) groups excluding carboxylic acids is 1. The molecule has 7 nitrogen and oxygen atoms in total. The van der Waals surface area contributed by atoms with Gasteiger partial charge in [-0.2, -0.15) is 0 Å². The Morgan fingerprint density at radius 3 is 2.39 bits per heavy atom. The lowest BCUT2D eigenvalue weighted by atomic mass is 9.82. The molecule has 33 heavy (non-hydrogen) atoms. The lowest BCUT2D eigenvalue weighted by Crippen LogP contribution is -2.34. The van der Waals surface area contributed by atoms with Gasteiger partial charge in [-0.05, 0) is 80.7 Å². The van der Waals surface area contributed by atoms with E-state index in [1.165, 1.54) is 0 Å². The third kappa shape index (κ3) is 6.97. The number of nitrogens with zero attached hydrogens (tertiary/aromatic N) is 2. The summed E-state index contributed by atoms with van der Waals surface area (Å²) in [5.41, 5.74) is 0.0130. The van der Waals surface area contributed by atoms with Crippen LogP contribution >= 0.6 is 23.2 Å². The second kappa shape index (κ2) is 10.6. The molecule has 1 aliphatic carbocycles. The first-order chi connectivity index (χ1) is 15.5. The minimum atomic E-state index is -1.26. The smallest absolute Gasteiger partial charge is 0.306 e. The molecule has 0 atom stereocenters. The van der Waals surface area contributed by atoms with E-state index in [1.54, 1.807) is 30.5 Å². The Hall–Kier alpha value is -2.53. The first kappa shape index (κ1) is 25.1. The van der Waals surface area contributed by atoms with Crippen molar-refractivity contribution in [3.8, 4) is 11.8 Å². The molecule has 2 aromatic rings. The van der Waals surface area contributed by atoms with E-state index in [0.717, 1.165) is 18.4 Å². The fourth-order valence-corrected chi connectivity index (χ4v) is 4.16. The van der Waals surface area contributed by atoms with E-state index < -0.39 is 11.6 Å². The molecular weight excluding hydrogens is 465 g/mol. The van der Waals surface area contributed by atoms with Crippen LogP contribution in [-0.2, 0) is 11.3 Å². The number of carboxylic acids is 1. The summed E-state index contributed by atoms with van der Waals surface area (Å²) in [6, 6.07) is 7.18. The van der Waals surface area contributed by atoms with Crippen molar-refractivity contribution in [1.82, 2.24) is 14.9 Å². The Balaban J connectivity index is 1.82. The van der Waals surface area contributed by atoms with E-state index in [0.29, 0.717) is 31.0 Å². The summed E-state index contributed by atoms with van der Waals surface area (Å²) in [6.07, 6.45) is 2.71. The van der Waals surface area contributed by atoms with Gasteiger partial charge in [0, 0.05) is 11.6 Å². The zero-order valence-electron chi connectivity index (χ0n) is 18.6. The molecule has 3 rings (SSSR count). The van der Waals surface area contributed by atoms with Gasteiger partial charge in [-0.25, -0.2) is 4.98 Å². The Morgan fingerprint density at radius 1 is 1.18 bits per heavy atom. The molecule has 9 heteroatoms. The number of amides is 1. The van der Waals surface area contributed by atoms with Crippen molar-refractivity contribution in [3.05, 3.63) is 51.5 Å². The SMILES string of the molecule is CC(C)(O)C#Cc1nc(Cl)n(Cc2ccc(Cl)cc2)c1C(=O)NC[C@H]1CC[C@H](C(=O)O)CC1. The van der Waals surface area contributed by atoms with Gasteiger partial charge in [0.1, 0.15) is 17.0 Å². The van der Waals surface area contributed by atoms with E-state index in [2.05, 4.69) is 22.1 Å². The minimum Gasteiger partial charge on any atom is -0.481 e. The van der Waals surface area contributed by atoms with Crippen LogP contribution in [0.25, 0.3) is 0 Å². The number of carbonyl (C=O) groups is 2. The molecule has 176 valence electrons. The number of hydrogen-bond acceptors (Lipinski definition) is 4. The van der Waals surface area contributed by atoms with Crippen molar-refractivity contribution in [3.63, 3.8) is 0 Å². The zero-order chi connectivity index (χ0) is 24.2. The van der Waals surface area contributed by atoms with Crippen molar-refractivity contribution < 1.29 is 19.8 Å². The quantitative estimate of drug-likeness (QED) is 0.530. The van der Waals surface area contributed by atoms with Crippen LogP contribution in [0.1, 0.15) is 61.3 Å². The van der Waals surface area contributed by atoms with Gasteiger partial charge in [-0.1, -0.05) is 29.7 Å². The highest BCUT2D eigenvalue weighted by Crippen LogP contribution is 2.28. The van der Waals surface area contributed by atoms with E-state index in [1.807, 2.05) is 12.1 Å². The molecule has 1 aromatic heterocycles. The van der Waals surface area contributed by atoms with E-state index in [-0.39, 0.29) is 34.4 Å². The second-order valence-electron chi connectivity index (χ2n) is 8.87. The maximum atomic E-state index is 13.2. The van der Waals surface area contributed by atoms with Gasteiger partial charge >= 0.3 is 5.97 Å². The van der Waals surface area contributed by atoms with Crippen LogP contribution < -0.4 is 5.32 Å². The number of imidazole rings is 1. The number of rotatable bonds is 6. The van der Waals surface area contributed by atoms with Crippen molar-refractivity contribution in [2.45, 2.75) is 51.7 Å². The van der Waals surface area contributed by atoms with E-state index in [4.69, 9.17) is 28.3 Å². The van der Waals surface area contributed by atoms with Crippen molar-refractivity contribution in [2.24, 2.45) is 11.8 Å². The summed E-state index contributed by atoms with van der Waals surface area (Å²) < 4.78 is 1.58. The Bertz CT molecular complexity index is 1070. The van der Waals surface area contributed by atoms with Crippen LogP contribution in [-0.4, -0.2) is 43.8 Å². The number of aromatic nitrogens is 2. The van der Waals surface area contributed by atoms with Crippen LogP contribution in [0.3, 0.4) is 0 Å². The van der Waals surface area contributed by atoms with Gasteiger partial charge < -0.3 is 20.1 Å². The highest BCUT2D eigenvalue weighted by Gasteiger charge is 2.27. The maximum absolute atomic E-state index is 13.2. The van der Waals surface area contributed by atoms with Gasteiger partial charge in [0.05, 0.1) is 12.5 Å². The van der Waals surface area contributed by atoms with E-state index >= 15 is 0 Å². The first-order valence-corrected chi connectivity index (χ1v) is 11.6. The first-order valence-electron chi connectivity index (χ1n) is 10.8. The molecule has 1 aromatic carbocycles. The third-order valence-corrected chi connectivity index (χ3v) is 6.16. The van der Waals surface area contributed by atoms with Crippen molar-refractivity contribution in [1.29, 1.82) is 0 Å². The molecule has 0 spiro atoms. The summed E-state index contributed by atoms with van der Waals surface area (Å²) >= 11 is 12.4. The average molecular weight is 492 g/mol. The number of benzene rings is 1. The summed E-state index contributed by atoms with van der Waals surface area (Å²) in [5, 5.41) is 22.8. The van der Waals surface area contributed by atoms with Crippen LogP contribution in [0, 0.1) is 23.7 Å². The van der Waals surface area contributed by atoms with Crippen LogP contribution in [0.5, 0.6) is 0 Å². The van der Waals surface area contributed by atoms with Gasteiger partial charge in [0.25, 0.3) is 5.91 Å². The highest BCUT2D eigenvalue weighted by atomic mass is 35.5. The summed E-state index contributed by atoms with van der Waals surface area (Å²) in [7, 11) is 0. The molecule has 1 amide bonds. The fourth-order valence-electron chi connectivity index (χ4n) is 3.81. The summed E-state index contributed by atoms with van der Waals surface area (Å²) in [5.74, 6) is 4.24. The minimum absolute atomic E-state index is 0.108. The molecular formula is C24H27Cl2N3O4. The molecule has 0 saturated heterocycles. The normalized spacial score (nSPS) is 18.3. The third-order valence-electron chi connectivity index (χ3n) is 5.62. The second-order valence-corrected chi connectivity index (χ2v) is 9.64. The molecule has 0 unspecified atom stereocenters. The number of carboxylic acid groups (broad SMARTS) is 1. The molecule has 1 heterocycles. The molecule has 1 saturated carbocycles. The van der Waals surface area contributed by atoms with Crippen LogP contribution in [0.15, 0.2) is 24.3 Å². The van der Waals surface area contributed by atoms with Gasteiger partial charge in [0.15, 0.2) is 0 Å². The van der Waals surface area contributed by atoms with Crippen molar-refractivity contribution in [2.75, 3.05) is 6.54 Å². The maximum Gasteiger partial charge on any atom is 0.306 e.